The second kappa shape index (κ2) is 6.23. The first-order valence-electron chi connectivity index (χ1n) is 6.30. The molecule has 2 rings (SSSR count). The number of carbonyl (C=O) groups excluding carboxylic acids is 1. The Bertz CT molecular complexity index is 479. The number of carbonyl (C=O) groups is 1. The van der Waals surface area contributed by atoms with Crippen molar-refractivity contribution in [2.75, 3.05) is 6.61 Å². The van der Waals surface area contributed by atoms with E-state index in [2.05, 4.69) is 17.2 Å². The Morgan fingerprint density at radius 3 is 2.89 bits per heavy atom. The Morgan fingerprint density at radius 1 is 1.39 bits per heavy atom. The molecule has 1 amide bonds. The van der Waals surface area contributed by atoms with E-state index in [1.54, 1.807) is 12.1 Å². The monoisotopic (exact) mass is 243 g/mol. The summed E-state index contributed by atoms with van der Waals surface area (Å²) in [5.74, 6) is 5.35. The molecule has 0 unspecified atom stereocenters. The van der Waals surface area contributed by atoms with Crippen molar-refractivity contribution in [3.63, 3.8) is 0 Å². The van der Waals surface area contributed by atoms with Crippen molar-refractivity contribution < 1.29 is 9.90 Å². The minimum atomic E-state index is -0.168. The third kappa shape index (κ3) is 3.35. The molecule has 1 saturated carbocycles. The maximum Gasteiger partial charge on any atom is 0.251 e. The van der Waals surface area contributed by atoms with Crippen LogP contribution in [0.2, 0.25) is 0 Å². The fourth-order valence-electron chi connectivity index (χ4n) is 2.22. The predicted molar refractivity (Wildman–Crippen MR) is 70.1 cm³/mol. The van der Waals surface area contributed by atoms with Crippen LogP contribution in [0.1, 0.15) is 41.6 Å². The molecule has 3 nitrogen and oxygen atoms in total. The fourth-order valence-corrected chi connectivity index (χ4v) is 2.22. The topological polar surface area (TPSA) is 49.3 Å². The smallest absolute Gasteiger partial charge is 0.251 e. The molecule has 0 bridgehead atoms. The summed E-state index contributed by atoms with van der Waals surface area (Å²) in [5, 5.41) is 11.7. The summed E-state index contributed by atoms with van der Waals surface area (Å²) in [5.41, 5.74) is 1.38. The predicted octanol–water partition coefficient (Wildman–Crippen LogP) is 1.70. The van der Waals surface area contributed by atoms with Crippen LogP contribution in [0.4, 0.5) is 0 Å². The molecule has 0 atom stereocenters. The van der Waals surface area contributed by atoms with Gasteiger partial charge in [0.2, 0.25) is 0 Å². The highest BCUT2D eigenvalue weighted by atomic mass is 16.2. The molecule has 94 valence electrons. The van der Waals surface area contributed by atoms with E-state index < -0.39 is 0 Å². The summed E-state index contributed by atoms with van der Waals surface area (Å²) in [6.07, 6.45) is 4.56. The molecule has 3 heteroatoms. The number of rotatable bonds is 2. The van der Waals surface area contributed by atoms with E-state index in [-0.39, 0.29) is 12.5 Å². The minimum absolute atomic E-state index is 0.0328. The normalized spacial score (nSPS) is 14.9. The van der Waals surface area contributed by atoms with Gasteiger partial charge < -0.3 is 10.4 Å². The average Bonchev–Trinajstić information content (AvgIpc) is 2.89. The van der Waals surface area contributed by atoms with Crippen LogP contribution in [0, 0.1) is 11.8 Å². The fraction of sp³-hybridized carbons (Fsp3) is 0.400. The minimum Gasteiger partial charge on any atom is -0.384 e. The molecule has 1 aliphatic rings. The largest absolute Gasteiger partial charge is 0.384 e. The quantitative estimate of drug-likeness (QED) is 0.777. The van der Waals surface area contributed by atoms with Crippen molar-refractivity contribution in [2.24, 2.45) is 0 Å². The molecule has 0 aliphatic heterocycles. The lowest BCUT2D eigenvalue weighted by Crippen LogP contribution is -2.32. The van der Waals surface area contributed by atoms with Crippen LogP contribution >= 0.6 is 0 Å². The molecule has 0 radical (unpaired) electrons. The van der Waals surface area contributed by atoms with E-state index in [4.69, 9.17) is 5.11 Å². The van der Waals surface area contributed by atoms with Gasteiger partial charge in [-0.05, 0) is 31.0 Å². The summed E-state index contributed by atoms with van der Waals surface area (Å²) >= 11 is 0. The van der Waals surface area contributed by atoms with Crippen molar-refractivity contribution in [3.05, 3.63) is 35.4 Å². The maximum absolute atomic E-state index is 12.0. The number of nitrogens with one attached hydrogen (secondary N) is 1. The number of hydrogen-bond donors (Lipinski definition) is 2. The van der Waals surface area contributed by atoms with Crippen LogP contribution in [0.15, 0.2) is 24.3 Å². The Labute approximate surface area is 107 Å². The lowest BCUT2D eigenvalue weighted by molar-refractivity contribution is 0.0938. The molecule has 0 spiro atoms. The second-order valence-corrected chi connectivity index (χ2v) is 4.50. The van der Waals surface area contributed by atoms with Gasteiger partial charge in [0.05, 0.1) is 0 Å². The van der Waals surface area contributed by atoms with Gasteiger partial charge in [-0.3, -0.25) is 4.79 Å². The Kier molecular flexibility index (Phi) is 4.38. The van der Waals surface area contributed by atoms with E-state index >= 15 is 0 Å². The average molecular weight is 243 g/mol. The second-order valence-electron chi connectivity index (χ2n) is 4.50. The van der Waals surface area contributed by atoms with Crippen molar-refractivity contribution in [3.8, 4) is 11.8 Å². The first kappa shape index (κ1) is 12.7. The Balaban J connectivity index is 2.05. The highest BCUT2D eigenvalue weighted by molar-refractivity contribution is 5.94. The maximum atomic E-state index is 12.0. The highest BCUT2D eigenvalue weighted by Crippen LogP contribution is 2.18. The van der Waals surface area contributed by atoms with Crippen molar-refractivity contribution in [1.82, 2.24) is 5.32 Å². The number of hydrogen-bond acceptors (Lipinski definition) is 2. The molecule has 0 aromatic heterocycles. The van der Waals surface area contributed by atoms with E-state index in [0.29, 0.717) is 11.6 Å². The Hall–Kier alpha value is -1.79. The summed E-state index contributed by atoms with van der Waals surface area (Å²) in [6.45, 7) is -0.168. The van der Waals surface area contributed by atoms with Gasteiger partial charge in [0, 0.05) is 17.2 Å². The zero-order valence-electron chi connectivity index (χ0n) is 10.3. The van der Waals surface area contributed by atoms with Crippen LogP contribution in [0.3, 0.4) is 0 Å². The van der Waals surface area contributed by atoms with Crippen molar-refractivity contribution in [2.45, 2.75) is 31.7 Å². The highest BCUT2D eigenvalue weighted by Gasteiger charge is 2.17. The number of aliphatic hydroxyl groups excluding tert-OH is 1. The van der Waals surface area contributed by atoms with E-state index in [1.807, 2.05) is 12.1 Å². The van der Waals surface area contributed by atoms with Crippen LogP contribution < -0.4 is 5.32 Å². The molecule has 1 aromatic carbocycles. The summed E-state index contributed by atoms with van der Waals surface area (Å²) in [4.78, 5) is 12.0. The number of amides is 1. The third-order valence-corrected chi connectivity index (χ3v) is 3.13. The first-order chi connectivity index (χ1) is 8.79. The molecule has 1 aromatic rings. The number of aliphatic hydroxyl groups is 1. The van der Waals surface area contributed by atoms with E-state index in [0.717, 1.165) is 18.4 Å². The van der Waals surface area contributed by atoms with Gasteiger partial charge >= 0.3 is 0 Å². The molecule has 1 fully saturated rings. The molecular weight excluding hydrogens is 226 g/mol. The van der Waals surface area contributed by atoms with Gasteiger partial charge in [-0.1, -0.05) is 30.7 Å². The molecule has 1 aliphatic carbocycles. The summed E-state index contributed by atoms with van der Waals surface area (Å²) in [7, 11) is 0. The molecule has 2 N–H and O–H groups in total. The van der Waals surface area contributed by atoms with Gasteiger partial charge in [-0.15, -0.1) is 0 Å². The summed E-state index contributed by atoms with van der Waals surface area (Å²) in [6, 6.07) is 7.51. The zero-order chi connectivity index (χ0) is 12.8. The van der Waals surface area contributed by atoms with Crippen LogP contribution in [-0.4, -0.2) is 23.7 Å². The summed E-state index contributed by atoms with van der Waals surface area (Å²) < 4.78 is 0. The van der Waals surface area contributed by atoms with Crippen molar-refractivity contribution >= 4 is 5.91 Å². The Morgan fingerprint density at radius 2 is 2.17 bits per heavy atom. The molecular formula is C15H17NO2. The molecule has 0 heterocycles. The van der Waals surface area contributed by atoms with E-state index in [9.17, 15) is 4.79 Å². The first-order valence-corrected chi connectivity index (χ1v) is 6.30. The number of benzene rings is 1. The standard InChI is InChI=1S/C15H17NO2/c17-10-4-6-12-5-3-7-13(11-12)15(18)16-14-8-1-2-9-14/h3,5,7,11,14,17H,1-2,8-10H2,(H,16,18). The van der Waals surface area contributed by atoms with E-state index in [1.165, 1.54) is 12.8 Å². The SMILES string of the molecule is O=C(NC1CCCC1)c1cccc(C#CCO)c1. The van der Waals surface area contributed by atoms with Gasteiger partial charge in [-0.25, -0.2) is 0 Å². The zero-order valence-corrected chi connectivity index (χ0v) is 10.3. The van der Waals surface area contributed by atoms with Gasteiger partial charge in [0.1, 0.15) is 6.61 Å². The van der Waals surface area contributed by atoms with Crippen LogP contribution in [-0.2, 0) is 0 Å². The van der Waals surface area contributed by atoms with Gasteiger partial charge in [-0.2, -0.15) is 0 Å². The lowest BCUT2D eigenvalue weighted by Gasteiger charge is -2.11. The van der Waals surface area contributed by atoms with Gasteiger partial charge in [0.15, 0.2) is 0 Å². The lowest BCUT2D eigenvalue weighted by atomic mass is 10.1. The molecule has 0 saturated heterocycles. The van der Waals surface area contributed by atoms with Crippen LogP contribution in [0.25, 0.3) is 0 Å². The van der Waals surface area contributed by atoms with Gasteiger partial charge in [0.25, 0.3) is 5.91 Å². The third-order valence-electron chi connectivity index (χ3n) is 3.13. The van der Waals surface area contributed by atoms with Crippen LogP contribution in [0.5, 0.6) is 0 Å². The molecule has 18 heavy (non-hydrogen) atoms. The van der Waals surface area contributed by atoms with Crippen molar-refractivity contribution in [1.29, 1.82) is 0 Å².